The maximum Gasteiger partial charge on any atom is 0.426 e. The Morgan fingerprint density at radius 2 is 1.72 bits per heavy atom. The van der Waals surface area contributed by atoms with Crippen molar-refractivity contribution >= 4 is 11.9 Å². The second-order valence-electron chi connectivity index (χ2n) is 5.23. The van der Waals surface area contributed by atoms with Gasteiger partial charge in [-0.05, 0) is 24.0 Å². The molecule has 2 nitrogen and oxygen atoms in total. The molecular weight excluding hydrogens is 243 g/mol. The van der Waals surface area contributed by atoms with Crippen LogP contribution in [0.3, 0.4) is 0 Å². The largest absolute Gasteiger partial charge is 0.505 e. The molecule has 1 rings (SSSR count). The number of rotatable bonds is 1. The van der Waals surface area contributed by atoms with Crippen LogP contribution in [0.15, 0.2) is 17.1 Å². The topological polar surface area (TPSA) is 32.6 Å². The van der Waals surface area contributed by atoms with E-state index in [2.05, 4.69) is 4.99 Å². The van der Waals surface area contributed by atoms with E-state index in [0.717, 1.165) is 5.56 Å². The minimum atomic E-state index is -4.49. The van der Waals surface area contributed by atoms with Crippen LogP contribution in [-0.4, -0.2) is 17.5 Å². The molecule has 0 heterocycles. The summed E-state index contributed by atoms with van der Waals surface area (Å²) in [5.74, 6) is -0.200. The minimum Gasteiger partial charge on any atom is -0.505 e. The first-order valence-corrected chi connectivity index (χ1v) is 5.47. The van der Waals surface area contributed by atoms with Crippen molar-refractivity contribution in [2.24, 2.45) is 4.99 Å². The fourth-order valence-corrected chi connectivity index (χ4v) is 1.57. The highest BCUT2D eigenvalue weighted by molar-refractivity contribution is 5.72. The first-order valence-electron chi connectivity index (χ1n) is 5.47. The summed E-state index contributed by atoms with van der Waals surface area (Å²) < 4.78 is 36.2. The molecule has 1 aromatic rings. The molecule has 0 amide bonds. The quantitative estimate of drug-likeness (QED) is 0.751. The lowest BCUT2D eigenvalue weighted by atomic mass is 9.85. The van der Waals surface area contributed by atoms with E-state index in [9.17, 15) is 18.3 Å². The van der Waals surface area contributed by atoms with Crippen LogP contribution >= 0.6 is 0 Å². The molecule has 1 aromatic carbocycles. The lowest BCUT2D eigenvalue weighted by Crippen LogP contribution is -2.12. The SMILES string of the molecule is Cc1cc(N=CC(F)(F)F)c(O)c(C(C)(C)C)c1. The molecule has 0 saturated carbocycles. The van der Waals surface area contributed by atoms with E-state index in [1.54, 1.807) is 13.0 Å². The molecule has 100 valence electrons. The predicted molar refractivity (Wildman–Crippen MR) is 65.8 cm³/mol. The lowest BCUT2D eigenvalue weighted by molar-refractivity contribution is -0.0535. The zero-order valence-electron chi connectivity index (χ0n) is 10.8. The summed E-state index contributed by atoms with van der Waals surface area (Å²) in [5, 5.41) is 9.96. The number of halogens is 3. The summed E-state index contributed by atoms with van der Waals surface area (Å²) in [7, 11) is 0. The van der Waals surface area contributed by atoms with Crippen LogP contribution in [0.2, 0.25) is 0 Å². The van der Waals surface area contributed by atoms with Gasteiger partial charge in [-0.2, -0.15) is 13.2 Å². The summed E-state index contributed by atoms with van der Waals surface area (Å²) in [5.41, 5.74) is 0.916. The monoisotopic (exact) mass is 259 g/mol. The van der Waals surface area contributed by atoms with Crippen LogP contribution in [0.25, 0.3) is 0 Å². The van der Waals surface area contributed by atoms with E-state index in [1.165, 1.54) is 6.07 Å². The van der Waals surface area contributed by atoms with Gasteiger partial charge in [-0.1, -0.05) is 26.8 Å². The van der Waals surface area contributed by atoms with Gasteiger partial charge in [0.05, 0.1) is 0 Å². The smallest absolute Gasteiger partial charge is 0.426 e. The van der Waals surface area contributed by atoms with Gasteiger partial charge in [-0.15, -0.1) is 0 Å². The van der Waals surface area contributed by atoms with Crippen molar-refractivity contribution in [1.82, 2.24) is 0 Å². The van der Waals surface area contributed by atoms with Crippen LogP contribution in [-0.2, 0) is 5.41 Å². The molecule has 0 aliphatic carbocycles. The summed E-state index contributed by atoms with van der Waals surface area (Å²) in [4.78, 5) is 3.31. The molecule has 0 aliphatic heterocycles. The van der Waals surface area contributed by atoms with Gasteiger partial charge < -0.3 is 5.11 Å². The van der Waals surface area contributed by atoms with E-state index in [0.29, 0.717) is 5.56 Å². The molecule has 0 aliphatic rings. The average Bonchev–Trinajstić information content (AvgIpc) is 2.16. The van der Waals surface area contributed by atoms with Crippen LogP contribution in [0.4, 0.5) is 18.9 Å². The number of aromatic hydroxyl groups is 1. The average molecular weight is 259 g/mol. The standard InChI is InChI=1S/C13H16F3NO/c1-8-5-9(12(2,3)4)11(18)10(6-8)17-7-13(14,15)16/h5-7,18H,1-4H3. The summed E-state index contributed by atoms with van der Waals surface area (Å²) >= 11 is 0. The number of benzene rings is 1. The predicted octanol–water partition coefficient (Wildman–Crippen LogP) is 4.26. The highest BCUT2D eigenvalue weighted by atomic mass is 19.4. The van der Waals surface area contributed by atoms with Gasteiger partial charge in [0.15, 0.2) is 0 Å². The number of hydrogen-bond donors (Lipinski definition) is 1. The third kappa shape index (κ3) is 3.75. The third-order valence-electron chi connectivity index (χ3n) is 2.39. The Balaban J connectivity index is 3.31. The Bertz CT molecular complexity index is 470. The summed E-state index contributed by atoms with van der Waals surface area (Å²) in [6, 6.07) is 3.18. The molecule has 1 N–H and O–H groups in total. The molecule has 5 heteroatoms. The number of aryl methyl sites for hydroxylation is 1. The van der Waals surface area contributed by atoms with E-state index in [-0.39, 0.29) is 23.1 Å². The van der Waals surface area contributed by atoms with Crippen LogP contribution < -0.4 is 0 Å². The molecule has 0 unspecified atom stereocenters. The number of alkyl halides is 3. The first-order chi connectivity index (χ1) is 8.00. The Morgan fingerprint density at radius 1 is 1.17 bits per heavy atom. The van der Waals surface area contributed by atoms with Gasteiger partial charge in [-0.3, -0.25) is 0 Å². The second-order valence-corrected chi connectivity index (χ2v) is 5.23. The molecule has 0 aromatic heterocycles. The van der Waals surface area contributed by atoms with Crippen molar-refractivity contribution in [2.45, 2.75) is 39.3 Å². The minimum absolute atomic E-state index is 0.0581. The normalized spacial score (nSPS) is 13.3. The van der Waals surface area contributed by atoms with Crippen molar-refractivity contribution in [1.29, 1.82) is 0 Å². The Morgan fingerprint density at radius 3 is 2.17 bits per heavy atom. The highest BCUT2D eigenvalue weighted by Gasteiger charge is 2.25. The maximum absolute atomic E-state index is 12.1. The van der Waals surface area contributed by atoms with Gasteiger partial charge in [0.25, 0.3) is 0 Å². The van der Waals surface area contributed by atoms with E-state index < -0.39 is 6.18 Å². The highest BCUT2D eigenvalue weighted by Crippen LogP contribution is 2.38. The zero-order chi connectivity index (χ0) is 14.1. The summed E-state index contributed by atoms with van der Waals surface area (Å²) in [6.45, 7) is 7.37. The molecular formula is C13H16F3NO. The fourth-order valence-electron chi connectivity index (χ4n) is 1.57. The first kappa shape index (κ1) is 14.5. The summed E-state index contributed by atoms with van der Waals surface area (Å²) in [6.07, 6.45) is -4.61. The van der Waals surface area contributed by atoms with Gasteiger partial charge in [0.1, 0.15) is 17.7 Å². The number of phenols is 1. The van der Waals surface area contributed by atoms with Crippen molar-refractivity contribution < 1.29 is 18.3 Å². The van der Waals surface area contributed by atoms with E-state index >= 15 is 0 Å². The number of aliphatic imine (C=N–C) groups is 1. The van der Waals surface area contributed by atoms with Crippen LogP contribution in [0.5, 0.6) is 5.75 Å². The Labute approximate surface area is 104 Å². The molecule has 0 radical (unpaired) electrons. The fraction of sp³-hybridized carbons (Fsp3) is 0.462. The molecule has 0 atom stereocenters. The molecule has 0 bridgehead atoms. The maximum atomic E-state index is 12.1. The van der Waals surface area contributed by atoms with Crippen molar-refractivity contribution in [3.8, 4) is 5.75 Å². The number of phenolic OH excluding ortho intramolecular Hbond substituents is 1. The lowest BCUT2D eigenvalue weighted by Gasteiger charge is -2.21. The van der Waals surface area contributed by atoms with Crippen molar-refractivity contribution in [2.75, 3.05) is 0 Å². The van der Waals surface area contributed by atoms with Crippen LogP contribution in [0.1, 0.15) is 31.9 Å². The zero-order valence-corrected chi connectivity index (χ0v) is 10.8. The van der Waals surface area contributed by atoms with Crippen LogP contribution in [0, 0.1) is 6.92 Å². The third-order valence-corrected chi connectivity index (χ3v) is 2.39. The Kier molecular flexibility index (Phi) is 3.74. The van der Waals surface area contributed by atoms with Gasteiger partial charge in [0, 0.05) is 5.56 Å². The number of nitrogens with zero attached hydrogens (tertiary/aromatic N) is 1. The number of hydrogen-bond acceptors (Lipinski definition) is 2. The molecule has 0 fully saturated rings. The van der Waals surface area contributed by atoms with E-state index in [1.807, 2.05) is 20.8 Å². The van der Waals surface area contributed by atoms with Crippen molar-refractivity contribution in [3.05, 3.63) is 23.3 Å². The van der Waals surface area contributed by atoms with Gasteiger partial charge in [-0.25, -0.2) is 4.99 Å². The van der Waals surface area contributed by atoms with Gasteiger partial charge >= 0.3 is 6.18 Å². The second kappa shape index (κ2) is 4.63. The van der Waals surface area contributed by atoms with Gasteiger partial charge in [0.2, 0.25) is 0 Å². The van der Waals surface area contributed by atoms with Crippen molar-refractivity contribution in [3.63, 3.8) is 0 Å². The molecule has 0 saturated heterocycles. The molecule has 0 spiro atoms. The Hall–Kier alpha value is -1.52. The molecule has 18 heavy (non-hydrogen) atoms. The van der Waals surface area contributed by atoms with E-state index in [4.69, 9.17) is 0 Å².